The van der Waals surface area contributed by atoms with Crippen LogP contribution in [0.2, 0.25) is 0 Å². The minimum atomic E-state index is -0.915. The molecule has 0 aromatic carbocycles. The summed E-state index contributed by atoms with van der Waals surface area (Å²) in [5.41, 5.74) is 1.20. The largest absolute Gasteiger partial charge is 0.478 e. The molecule has 19 heavy (non-hydrogen) atoms. The Morgan fingerprint density at radius 3 is 2.74 bits per heavy atom. The monoisotopic (exact) mass is 262 g/mol. The average Bonchev–Trinajstić information content (AvgIpc) is 2.45. The predicted octanol–water partition coefficient (Wildman–Crippen LogP) is 3.33. The van der Waals surface area contributed by atoms with Crippen molar-refractivity contribution in [3.8, 4) is 0 Å². The van der Waals surface area contributed by atoms with Crippen molar-refractivity contribution in [2.24, 2.45) is 5.92 Å². The third-order valence-electron chi connectivity index (χ3n) is 3.83. The summed E-state index contributed by atoms with van der Waals surface area (Å²) < 4.78 is 0. The molecule has 1 heterocycles. The fourth-order valence-corrected chi connectivity index (χ4v) is 2.64. The zero-order chi connectivity index (χ0) is 13.7. The number of nitrogens with one attached hydrogen (secondary N) is 1. The van der Waals surface area contributed by atoms with E-state index in [4.69, 9.17) is 0 Å². The molecular formula is C15H22N2O2. The zero-order valence-corrected chi connectivity index (χ0v) is 11.5. The van der Waals surface area contributed by atoms with Gasteiger partial charge in [0, 0.05) is 12.2 Å². The van der Waals surface area contributed by atoms with Crippen LogP contribution in [-0.4, -0.2) is 22.6 Å². The van der Waals surface area contributed by atoms with E-state index >= 15 is 0 Å². The Balaban J connectivity index is 2.06. The van der Waals surface area contributed by atoms with Gasteiger partial charge < -0.3 is 10.4 Å². The van der Waals surface area contributed by atoms with Crippen molar-refractivity contribution in [2.45, 2.75) is 45.4 Å². The molecule has 0 bridgehead atoms. The molecular weight excluding hydrogens is 240 g/mol. The summed E-state index contributed by atoms with van der Waals surface area (Å²) in [6, 6.07) is 3.44. The SMILES string of the molecule is CCc1ccc(C(=O)O)c(NCC2CCCCC2)n1. The molecule has 0 amide bonds. The Morgan fingerprint density at radius 2 is 2.11 bits per heavy atom. The van der Waals surface area contributed by atoms with Crippen LogP contribution in [0.1, 0.15) is 55.1 Å². The summed E-state index contributed by atoms with van der Waals surface area (Å²) >= 11 is 0. The van der Waals surface area contributed by atoms with Gasteiger partial charge in [-0.05, 0) is 37.3 Å². The molecule has 2 rings (SSSR count). The van der Waals surface area contributed by atoms with Crippen molar-refractivity contribution in [1.29, 1.82) is 0 Å². The maximum Gasteiger partial charge on any atom is 0.339 e. The van der Waals surface area contributed by atoms with E-state index in [0.717, 1.165) is 18.7 Å². The number of carboxylic acid groups (broad SMARTS) is 1. The molecule has 0 aliphatic heterocycles. The van der Waals surface area contributed by atoms with Crippen LogP contribution in [0.3, 0.4) is 0 Å². The van der Waals surface area contributed by atoms with E-state index in [-0.39, 0.29) is 5.56 Å². The second-order valence-corrected chi connectivity index (χ2v) is 5.24. The van der Waals surface area contributed by atoms with Gasteiger partial charge in [-0.1, -0.05) is 26.2 Å². The van der Waals surface area contributed by atoms with Gasteiger partial charge in [-0.15, -0.1) is 0 Å². The van der Waals surface area contributed by atoms with Crippen molar-refractivity contribution in [3.63, 3.8) is 0 Å². The Morgan fingerprint density at radius 1 is 1.37 bits per heavy atom. The third-order valence-corrected chi connectivity index (χ3v) is 3.83. The van der Waals surface area contributed by atoms with Gasteiger partial charge in [0.15, 0.2) is 0 Å². The third kappa shape index (κ3) is 3.69. The summed E-state index contributed by atoms with van der Waals surface area (Å²) in [7, 11) is 0. The first-order chi connectivity index (χ1) is 9.20. The number of aryl methyl sites for hydroxylation is 1. The van der Waals surface area contributed by atoms with E-state index < -0.39 is 5.97 Å². The van der Waals surface area contributed by atoms with Gasteiger partial charge in [-0.3, -0.25) is 0 Å². The number of hydrogen-bond donors (Lipinski definition) is 2. The first-order valence-corrected chi connectivity index (χ1v) is 7.17. The van der Waals surface area contributed by atoms with E-state index in [9.17, 15) is 9.90 Å². The molecule has 1 saturated carbocycles. The van der Waals surface area contributed by atoms with Crippen LogP contribution in [0, 0.1) is 5.92 Å². The second kappa shape index (κ2) is 6.55. The second-order valence-electron chi connectivity index (χ2n) is 5.24. The lowest BCUT2D eigenvalue weighted by atomic mass is 9.89. The molecule has 1 fully saturated rings. The van der Waals surface area contributed by atoms with Crippen molar-refractivity contribution >= 4 is 11.8 Å². The number of pyridine rings is 1. The van der Waals surface area contributed by atoms with Crippen LogP contribution >= 0.6 is 0 Å². The summed E-state index contributed by atoms with van der Waals surface area (Å²) in [5, 5.41) is 12.4. The minimum Gasteiger partial charge on any atom is -0.478 e. The van der Waals surface area contributed by atoms with Crippen molar-refractivity contribution in [1.82, 2.24) is 4.98 Å². The first kappa shape index (κ1) is 13.8. The molecule has 1 aliphatic carbocycles. The van der Waals surface area contributed by atoms with E-state index in [1.54, 1.807) is 12.1 Å². The number of carbonyl (C=O) groups is 1. The van der Waals surface area contributed by atoms with E-state index in [2.05, 4.69) is 10.3 Å². The minimum absolute atomic E-state index is 0.271. The fraction of sp³-hybridized carbons (Fsp3) is 0.600. The number of hydrogen-bond acceptors (Lipinski definition) is 3. The van der Waals surface area contributed by atoms with Crippen LogP contribution in [0.25, 0.3) is 0 Å². The molecule has 0 unspecified atom stereocenters. The summed E-state index contributed by atoms with van der Waals surface area (Å²) in [6.07, 6.45) is 7.21. The molecule has 0 radical (unpaired) electrons. The molecule has 0 spiro atoms. The standard InChI is InChI=1S/C15H22N2O2/c1-2-12-8-9-13(15(18)19)14(17-12)16-10-11-6-4-3-5-7-11/h8-9,11H,2-7,10H2,1H3,(H,16,17)(H,18,19). The number of rotatable bonds is 5. The molecule has 1 aromatic heterocycles. The summed E-state index contributed by atoms with van der Waals surface area (Å²) in [4.78, 5) is 15.6. The number of aromatic nitrogens is 1. The highest BCUT2D eigenvalue weighted by atomic mass is 16.4. The van der Waals surface area contributed by atoms with Gasteiger partial charge in [0.2, 0.25) is 0 Å². The maximum atomic E-state index is 11.2. The number of nitrogens with zero attached hydrogens (tertiary/aromatic N) is 1. The molecule has 104 valence electrons. The van der Waals surface area contributed by atoms with Gasteiger partial charge in [0.1, 0.15) is 11.4 Å². The summed E-state index contributed by atoms with van der Waals surface area (Å²) in [6.45, 7) is 2.86. The normalized spacial score (nSPS) is 16.3. The van der Waals surface area contributed by atoms with Gasteiger partial charge in [-0.2, -0.15) is 0 Å². The molecule has 4 heteroatoms. The lowest BCUT2D eigenvalue weighted by Gasteiger charge is -2.22. The predicted molar refractivity (Wildman–Crippen MR) is 75.6 cm³/mol. The summed E-state index contributed by atoms with van der Waals surface area (Å²) in [5.74, 6) is 0.265. The first-order valence-electron chi connectivity index (χ1n) is 7.17. The molecule has 4 nitrogen and oxygen atoms in total. The topological polar surface area (TPSA) is 62.2 Å². The highest BCUT2D eigenvalue weighted by Gasteiger charge is 2.16. The van der Waals surface area contributed by atoms with Crippen molar-refractivity contribution in [2.75, 3.05) is 11.9 Å². The Bertz CT molecular complexity index is 440. The Hall–Kier alpha value is -1.58. The maximum absolute atomic E-state index is 11.2. The Labute approximate surface area is 114 Å². The molecule has 0 saturated heterocycles. The number of carboxylic acids is 1. The van der Waals surface area contributed by atoms with Crippen LogP contribution < -0.4 is 5.32 Å². The Kier molecular flexibility index (Phi) is 4.77. The van der Waals surface area contributed by atoms with Crippen LogP contribution in [0.15, 0.2) is 12.1 Å². The van der Waals surface area contributed by atoms with E-state index in [0.29, 0.717) is 11.7 Å². The van der Waals surface area contributed by atoms with Gasteiger partial charge in [0.05, 0.1) is 0 Å². The van der Waals surface area contributed by atoms with Crippen LogP contribution in [0.5, 0.6) is 0 Å². The highest BCUT2D eigenvalue weighted by molar-refractivity contribution is 5.93. The number of aromatic carboxylic acids is 1. The quantitative estimate of drug-likeness (QED) is 0.854. The lowest BCUT2D eigenvalue weighted by molar-refractivity contribution is 0.0697. The molecule has 2 N–H and O–H groups in total. The van der Waals surface area contributed by atoms with Crippen LogP contribution in [-0.2, 0) is 6.42 Å². The average molecular weight is 262 g/mol. The molecule has 1 aromatic rings. The molecule has 1 aliphatic rings. The molecule has 0 atom stereocenters. The van der Waals surface area contributed by atoms with Gasteiger partial charge in [0.25, 0.3) is 0 Å². The lowest BCUT2D eigenvalue weighted by Crippen LogP contribution is -2.19. The smallest absolute Gasteiger partial charge is 0.339 e. The zero-order valence-electron chi connectivity index (χ0n) is 11.5. The fourth-order valence-electron chi connectivity index (χ4n) is 2.64. The van der Waals surface area contributed by atoms with E-state index in [1.165, 1.54) is 32.1 Å². The highest BCUT2D eigenvalue weighted by Crippen LogP contribution is 2.24. The van der Waals surface area contributed by atoms with Crippen LogP contribution in [0.4, 0.5) is 5.82 Å². The van der Waals surface area contributed by atoms with E-state index in [1.807, 2.05) is 6.92 Å². The van der Waals surface area contributed by atoms with Crippen molar-refractivity contribution in [3.05, 3.63) is 23.4 Å². The van der Waals surface area contributed by atoms with Gasteiger partial charge in [-0.25, -0.2) is 9.78 Å². The number of anilines is 1. The van der Waals surface area contributed by atoms with Gasteiger partial charge >= 0.3 is 5.97 Å². The van der Waals surface area contributed by atoms with Crippen molar-refractivity contribution < 1.29 is 9.90 Å².